The van der Waals surface area contributed by atoms with Gasteiger partial charge in [0.25, 0.3) is 0 Å². The number of hydrogen-bond acceptors (Lipinski definition) is 4. The summed E-state index contributed by atoms with van der Waals surface area (Å²) in [6.07, 6.45) is 1.76. The van der Waals surface area contributed by atoms with Crippen LogP contribution in [0.15, 0.2) is 52.9 Å². The third-order valence-electron chi connectivity index (χ3n) is 3.53. The minimum atomic E-state index is 0.452. The first-order valence-electron chi connectivity index (χ1n) is 7.08. The van der Waals surface area contributed by atoms with E-state index in [1.54, 1.807) is 26.4 Å². The lowest BCUT2D eigenvalue weighted by molar-refractivity contribution is 0.355. The molecule has 0 N–H and O–H groups in total. The van der Waals surface area contributed by atoms with Crippen LogP contribution in [0.3, 0.4) is 0 Å². The molecular weight excluding hydrogens is 290 g/mol. The Bertz CT molecular complexity index is 883. The minimum Gasteiger partial charge on any atom is -0.493 e. The number of hydrogen-bond donors (Lipinski definition) is 0. The van der Waals surface area contributed by atoms with E-state index in [0.717, 1.165) is 16.5 Å². The van der Waals surface area contributed by atoms with Gasteiger partial charge in [0.05, 0.1) is 19.8 Å². The monoisotopic (exact) mass is 305 g/mol. The molecule has 0 amide bonds. The van der Waals surface area contributed by atoms with Crippen molar-refractivity contribution in [2.75, 3.05) is 14.2 Å². The van der Waals surface area contributed by atoms with Crippen molar-refractivity contribution < 1.29 is 13.9 Å². The Hall–Kier alpha value is -3.19. The summed E-state index contributed by atoms with van der Waals surface area (Å²) in [7, 11) is 3.16. The molecule has 0 spiro atoms. The van der Waals surface area contributed by atoms with Gasteiger partial charge in [-0.15, -0.1) is 0 Å². The van der Waals surface area contributed by atoms with Crippen LogP contribution in [0.25, 0.3) is 22.6 Å². The van der Waals surface area contributed by atoms with Gasteiger partial charge < -0.3 is 13.9 Å². The largest absolute Gasteiger partial charge is 0.493 e. The quantitative estimate of drug-likeness (QED) is 0.665. The SMILES string of the molecule is COc1ccc(/C=C(/C#N)c2cc3ccccc3o2)cc1OC. The van der Waals surface area contributed by atoms with Crippen LogP contribution in [0.4, 0.5) is 0 Å². The Kier molecular flexibility index (Phi) is 4.03. The van der Waals surface area contributed by atoms with Crippen LogP contribution in [0.2, 0.25) is 0 Å². The third-order valence-corrected chi connectivity index (χ3v) is 3.53. The van der Waals surface area contributed by atoms with Crippen LogP contribution in [0.5, 0.6) is 11.5 Å². The molecule has 4 heteroatoms. The van der Waals surface area contributed by atoms with Crippen molar-refractivity contribution in [3.63, 3.8) is 0 Å². The first-order chi connectivity index (χ1) is 11.2. The highest BCUT2D eigenvalue weighted by atomic mass is 16.5. The lowest BCUT2D eigenvalue weighted by Gasteiger charge is -2.07. The first-order valence-corrected chi connectivity index (χ1v) is 7.08. The number of nitriles is 1. The Morgan fingerprint density at radius 3 is 2.52 bits per heavy atom. The van der Waals surface area contributed by atoms with Crippen LogP contribution >= 0.6 is 0 Å². The molecule has 23 heavy (non-hydrogen) atoms. The fourth-order valence-electron chi connectivity index (χ4n) is 2.38. The minimum absolute atomic E-state index is 0.452. The van der Waals surface area contributed by atoms with E-state index >= 15 is 0 Å². The zero-order valence-corrected chi connectivity index (χ0v) is 12.9. The zero-order valence-electron chi connectivity index (χ0n) is 12.9. The van der Waals surface area contributed by atoms with Crippen LogP contribution < -0.4 is 9.47 Å². The van der Waals surface area contributed by atoms with Gasteiger partial charge >= 0.3 is 0 Å². The smallest absolute Gasteiger partial charge is 0.161 e. The van der Waals surface area contributed by atoms with Crippen molar-refractivity contribution >= 4 is 22.6 Å². The van der Waals surface area contributed by atoms with Gasteiger partial charge in [-0.25, -0.2) is 0 Å². The molecule has 0 fully saturated rings. The number of benzene rings is 2. The molecule has 0 bridgehead atoms. The van der Waals surface area contributed by atoms with Crippen molar-refractivity contribution in [1.29, 1.82) is 5.26 Å². The first kappa shape index (κ1) is 14.7. The summed E-state index contributed by atoms with van der Waals surface area (Å²) >= 11 is 0. The number of fused-ring (bicyclic) bond motifs is 1. The molecule has 0 atom stereocenters. The molecule has 0 saturated heterocycles. The molecule has 3 aromatic rings. The normalized spacial score (nSPS) is 11.3. The molecule has 0 saturated carbocycles. The molecule has 4 nitrogen and oxygen atoms in total. The van der Waals surface area contributed by atoms with Crippen LogP contribution in [-0.2, 0) is 0 Å². The Balaban J connectivity index is 2.03. The molecule has 2 aromatic carbocycles. The average Bonchev–Trinajstić information content (AvgIpc) is 3.03. The van der Waals surface area contributed by atoms with E-state index in [9.17, 15) is 5.26 Å². The summed E-state index contributed by atoms with van der Waals surface area (Å²) in [4.78, 5) is 0. The number of allylic oxidation sites excluding steroid dienone is 1. The second-order valence-electron chi connectivity index (χ2n) is 4.93. The molecule has 0 radical (unpaired) electrons. The van der Waals surface area contributed by atoms with E-state index in [1.165, 1.54) is 0 Å². The van der Waals surface area contributed by atoms with E-state index in [0.29, 0.717) is 22.8 Å². The fourth-order valence-corrected chi connectivity index (χ4v) is 2.38. The Labute approximate surface area is 134 Å². The summed E-state index contributed by atoms with van der Waals surface area (Å²) in [5.74, 6) is 1.80. The topological polar surface area (TPSA) is 55.4 Å². The number of ether oxygens (including phenoxy) is 2. The Morgan fingerprint density at radius 2 is 1.83 bits per heavy atom. The van der Waals surface area contributed by atoms with Crippen LogP contribution in [0.1, 0.15) is 11.3 Å². The predicted molar refractivity (Wildman–Crippen MR) is 89.2 cm³/mol. The van der Waals surface area contributed by atoms with Crippen molar-refractivity contribution in [1.82, 2.24) is 0 Å². The lowest BCUT2D eigenvalue weighted by Crippen LogP contribution is -1.90. The van der Waals surface area contributed by atoms with Crippen LogP contribution in [0, 0.1) is 11.3 Å². The van der Waals surface area contributed by atoms with Gasteiger partial charge in [-0.1, -0.05) is 24.3 Å². The van der Waals surface area contributed by atoms with Crippen molar-refractivity contribution in [3.8, 4) is 17.6 Å². The summed E-state index contributed by atoms with van der Waals surface area (Å²) in [5, 5.41) is 10.4. The number of furan rings is 1. The number of para-hydroxylation sites is 1. The lowest BCUT2D eigenvalue weighted by atomic mass is 10.1. The van der Waals surface area contributed by atoms with E-state index < -0.39 is 0 Å². The van der Waals surface area contributed by atoms with E-state index in [4.69, 9.17) is 13.9 Å². The predicted octanol–water partition coefficient (Wildman–Crippen LogP) is 4.51. The molecule has 114 valence electrons. The van der Waals surface area contributed by atoms with Gasteiger partial charge in [0, 0.05) is 5.39 Å². The summed E-state index contributed by atoms with van der Waals surface area (Å²) in [6, 6.07) is 17.2. The maximum absolute atomic E-state index is 9.46. The van der Waals surface area contributed by atoms with Gasteiger partial charge in [-0.05, 0) is 35.9 Å². The van der Waals surface area contributed by atoms with E-state index in [-0.39, 0.29) is 0 Å². The summed E-state index contributed by atoms with van der Waals surface area (Å²) in [5.41, 5.74) is 2.05. The van der Waals surface area contributed by atoms with E-state index in [1.807, 2.05) is 42.5 Å². The van der Waals surface area contributed by atoms with Crippen molar-refractivity contribution in [2.24, 2.45) is 0 Å². The zero-order chi connectivity index (χ0) is 16.2. The molecule has 0 aliphatic carbocycles. The fraction of sp³-hybridized carbons (Fsp3) is 0.105. The average molecular weight is 305 g/mol. The van der Waals surface area contributed by atoms with Crippen LogP contribution in [-0.4, -0.2) is 14.2 Å². The Morgan fingerprint density at radius 1 is 1.04 bits per heavy atom. The molecule has 3 rings (SSSR count). The number of nitrogens with zero attached hydrogens (tertiary/aromatic N) is 1. The summed E-state index contributed by atoms with van der Waals surface area (Å²) in [6.45, 7) is 0. The molecule has 1 heterocycles. The molecule has 1 aromatic heterocycles. The van der Waals surface area contributed by atoms with Crippen molar-refractivity contribution in [2.45, 2.75) is 0 Å². The standard InChI is InChI=1S/C19H15NO3/c1-21-17-8-7-13(10-19(17)22-2)9-15(12-20)18-11-14-5-3-4-6-16(14)23-18/h3-11H,1-2H3/b15-9-. The maximum Gasteiger partial charge on any atom is 0.161 e. The second kappa shape index (κ2) is 6.29. The number of methoxy groups -OCH3 is 2. The van der Waals surface area contributed by atoms with Crippen molar-refractivity contribution in [3.05, 3.63) is 59.9 Å². The van der Waals surface area contributed by atoms with Gasteiger partial charge in [0.1, 0.15) is 17.4 Å². The maximum atomic E-state index is 9.46. The van der Waals surface area contributed by atoms with Gasteiger partial charge in [0.15, 0.2) is 11.5 Å². The van der Waals surface area contributed by atoms with Gasteiger partial charge in [0.2, 0.25) is 0 Å². The molecule has 0 aliphatic rings. The second-order valence-corrected chi connectivity index (χ2v) is 4.93. The highest BCUT2D eigenvalue weighted by molar-refractivity contribution is 5.92. The van der Waals surface area contributed by atoms with E-state index in [2.05, 4.69) is 6.07 Å². The summed E-state index contributed by atoms with van der Waals surface area (Å²) < 4.78 is 16.3. The molecule has 0 unspecified atom stereocenters. The third kappa shape index (κ3) is 2.90. The van der Waals surface area contributed by atoms with Gasteiger partial charge in [-0.2, -0.15) is 5.26 Å². The highest BCUT2D eigenvalue weighted by Crippen LogP contribution is 2.30. The highest BCUT2D eigenvalue weighted by Gasteiger charge is 2.10. The van der Waals surface area contributed by atoms with Gasteiger partial charge in [-0.3, -0.25) is 0 Å². The molecular formula is C19H15NO3. The molecule has 0 aliphatic heterocycles. The number of rotatable bonds is 4.